The number of nitrogens with one attached hydrogen (secondary N) is 2. The van der Waals surface area contributed by atoms with E-state index >= 15 is 0 Å². The molecule has 5 nitrogen and oxygen atoms in total. The molecule has 0 unspecified atom stereocenters. The molecule has 3 rings (SSSR count). The van der Waals surface area contributed by atoms with Crippen molar-refractivity contribution >= 4 is 5.91 Å². The van der Waals surface area contributed by atoms with Crippen molar-refractivity contribution in [2.75, 3.05) is 26.3 Å². The number of fused-ring (bicyclic) bond motifs is 1. The van der Waals surface area contributed by atoms with Gasteiger partial charge in [-0.3, -0.25) is 4.79 Å². The highest BCUT2D eigenvalue weighted by Gasteiger charge is 2.40. The molecule has 2 aliphatic rings. The van der Waals surface area contributed by atoms with Gasteiger partial charge in [0, 0.05) is 6.54 Å². The molecule has 1 aromatic heterocycles. The fourth-order valence-electron chi connectivity index (χ4n) is 2.87. The summed E-state index contributed by atoms with van der Waals surface area (Å²) in [7, 11) is 0. The Hall–Kier alpha value is -1.33. The second-order valence-electron chi connectivity index (χ2n) is 5.02. The van der Waals surface area contributed by atoms with Crippen LogP contribution in [0.1, 0.15) is 5.76 Å². The molecular weight excluding hydrogens is 232 g/mol. The first-order valence-corrected chi connectivity index (χ1v) is 6.43. The number of carbonyl (C=O) groups is 1. The summed E-state index contributed by atoms with van der Waals surface area (Å²) in [5.74, 6) is 1.72. The lowest BCUT2D eigenvalue weighted by molar-refractivity contribution is -0.133. The van der Waals surface area contributed by atoms with E-state index in [2.05, 4.69) is 10.6 Å². The van der Waals surface area contributed by atoms with Crippen LogP contribution in [-0.2, 0) is 16.1 Å². The molecule has 2 saturated heterocycles. The van der Waals surface area contributed by atoms with Gasteiger partial charge in [-0.05, 0) is 30.5 Å². The Morgan fingerprint density at radius 2 is 2.39 bits per heavy atom. The maximum Gasteiger partial charge on any atom is 0.226 e. The quantitative estimate of drug-likeness (QED) is 0.814. The molecule has 0 radical (unpaired) electrons. The molecule has 2 fully saturated rings. The number of furan rings is 1. The van der Waals surface area contributed by atoms with Crippen LogP contribution < -0.4 is 10.6 Å². The van der Waals surface area contributed by atoms with E-state index in [0.29, 0.717) is 25.0 Å². The van der Waals surface area contributed by atoms with Crippen LogP contribution in [0, 0.1) is 17.8 Å². The minimum absolute atomic E-state index is 0.0336. The van der Waals surface area contributed by atoms with E-state index in [0.717, 1.165) is 25.5 Å². The Morgan fingerprint density at radius 3 is 3.22 bits per heavy atom. The van der Waals surface area contributed by atoms with Crippen molar-refractivity contribution in [2.45, 2.75) is 6.54 Å². The normalized spacial score (nSPS) is 31.0. The molecule has 2 aliphatic heterocycles. The molecule has 18 heavy (non-hydrogen) atoms. The standard InChI is InChI=1S/C13H18N2O3/c16-13(15-5-10-2-1-3-18-10)12-8-17-7-9-4-14-6-11(9)12/h1-3,9,11-12,14H,4-8H2,(H,15,16)/t9-,11-,12+/m1/s1. The topological polar surface area (TPSA) is 63.5 Å². The SMILES string of the molecule is O=C(NCc1ccco1)[C@H]1COC[C@H]2CNC[C@H]21. The second-order valence-corrected chi connectivity index (χ2v) is 5.02. The summed E-state index contributed by atoms with van der Waals surface area (Å²) in [6, 6.07) is 3.68. The third kappa shape index (κ3) is 2.28. The highest BCUT2D eigenvalue weighted by atomic mass is 16.5. The molecule has 0 saturated carbocycles. The van der Waals surface area contributed by atoms with Gasteiger partial charge in [-0.1, -0.05) is 0 Å². The minimum Gasteiger partial charge on any atom is -0.467 e. The lowest BCUT2D eigenvalue weighted by Gasteiger charge is -2.31. The molecular formula is C13H18N2O3. The second kappa shape index (κ2) is 5.12. The zero-order valence-corrected chi connectivity index (χ0v) is 10.2. The van der Waals surface area contributed by atoms with Crippen molar-refractivity contribution in [1.29, 1.82) is 0 Å². The Morgan fingerprint density at radius 1 is 1.44 bits per heavy atom. The van der Waals surface area contributed by atoms with Gasteiger partial charge in [0.15, 0.2) is 0 Å². The van der Waals surface area contributed by atoms with Crippen LogP contribution in [-0.4, -0.2) is 32.2 Å². The first-order chi connectivity index (χ1) is 8.84. The first-order valence-electron chi connectivity index (χ1n) is 6.43. The Bertz CT molecular complexity index is 404. The zero-order chi connectivity index (χ0) is 12.4. The largest absolute Gasteiger partial charge is 0.467 e. The number of ether oxygens (including phenoxy) is 1. The van der Waals surface area contributed by atoms with Crippen LogP contribution in [0.4, 0.5) is 0 Å². The molecule has 1 amide bonds. The third-order valence-electron chi connectivity index (χ3n) is 3.89. The molecule has 0 spiro atoms. The van der Waals surface area contributed by atoms with Crippen molar-refractivity contribution in [3.63, 3.8) is 0 Å². The van der Waals surface area contributed by atoms with Gasteiger partial charge in [0.05, 0.1) is 31.9 Å². The summed E-state index contributed by atoms with van der Waals surface area (Å²) in [5, 5.41) is 6.27. The molecule has 1 aromatic rings. The fraction of sp³-hybridized carbons (Fsp3) is 0.615. The molecule has 2 N–H and O–H groups in total. The van der Waals surface area contributed by atoms with Gasteiger partial charge in [0.25, 0.3) is 0 Å². The first kappa shape index (κ1) is 11.7. The monoisotopic (exact) mass is 250 g/mol. The van der Waals surface area contributed by atoms with E-state index in [1.54, 1.807) is 6.26 Å². The molecule has 3 heterocycles. The van der Waals surface area contributed by atoms with Gasteiger partial charge in [-0.25, -0.2) is 0 Å². The fourth-order valence-corrected chi connectivity index (χ4v) is 2.87. The van der Waals surface area contributed by atoms with Crippen LogP contribution in [0.3, 0.4) is 0 Å². The maximum absolute atomic E-state index is 12.2. The van der Waals surface area contributed by atoms with Crippen molar-refractivity contribution in [2.24, 2.45) is 17.8 Å². The summed E-state index contributed by atoms with van der Waals surface area (Å²) in [5.41, 5.74) is 0. The smallest absolute Gasteiger partial charge is 0.226 e. The molecule has 0 aromatic carbocycles. The van der Waals surface area contributed by atoms with Gasteiger partial charge in [0.2, 0.25) is 5.91 Å². The van der Waals surface area contributed by atoms with Crippen LogP contribution in [0.2, 0.25) is 0 Å². The van der Waals surface area contributed by atoms with E-state index in [4.69, 9.17) is 9.15 Å². The van der Waals surface area contributed by atoms with Crippen molar-refractivity contribution < 1.29 is 13.9 Å². The number of hydrogen-bond acceptors (Lipinski definition) is 4. The van der Waals surface area contributed by atoms with Crippen molar-refractivity contribution in [3.8, 4) is 0 Å². The summed E-state index contributed by atoms with van der Waals surface area (Å²) in [4.78, 5) is 12.2. The molecule has 0 aliphatic carbocycles. The summed E-state index contributed by atoms with van der Waals surface area (Å²) < 4.78 is 10.7. The Labute approximate surface area is 106 Å². The molecule has 98 valence electrons. The summed E-state index contributed by atoms with van der Waals surface area (Å²) in [6.07, 6.45) is 1.61. The molecule has 5 heteroatoms. The van der Waals surface area contributed by atoms with Gasteiger partial charge in [-0.2, -0.15) is 0 Å². The number of hydrogen-bond donors (Lipinski definition) is 2. The van der Waals surface area contributed by atoms with Crippen LogP contribution in [0.15, 0.2) is 22.8 Å². The van der Waals surface area contributed by atoms with Gasteiger partial charge in [-0.15, -0.1) is 0 Å². The van der Waals surface area contributed by atoms with Crippen LogP contribution in [0.5, 0.6) is 0 Å². The van der Waals surface area contributed by atoms with Gasteiger partial charge < -0.3 is 19.8 Å². The third-order valence-corrected chi connectivity index (χ3v) is 3.89. The highest BCUT2D eigenvalue weighted by Crippen LogP contribution is 2.30. The number of rotatable bonds is 3. The van der Waals surface area contributed by atoms with E-state index in [1.807, 2.05) is 12.1 Å². The van der Waals surface area contributed by atoms with E-state index in [9.17, 15) is 4.79 Å². The predicted octanol–water partition coefficient (Wildman–Crippen LogP) is 0.378. The molecule has 0 bridgehead atoms. The van der Waals surface area contributed by atoms with Crippen molar-refractivity contribution in [3.05, 3.63) is 24.2 Å². The summed E-state index contributed by atoms with van der Waals surface area (Å²) in [6.45, 7) is 3.65. The van der Waals surface area contributed by atoms with Gasteiger partial charge in [0.1, 0.15) is 5.76 Å². The molecule has 3 atom stereocenters. The van der Waals surface area contributed by atoms with E-state index < -0.39 is 0 Å². The van der Waals surface area contributed by atoms with Crippen LogP contribution in [0.25, 0.3) is 0 Å². The summed E-state index contributed by atoms with van der Waals surface area (Å²) >= 11 is 0. The predicted molar refractivity (Wildman–Crippen MR) is 64.7 cm³/mol. The Kier molecular flexibility index (Phi) is 3.34. The average Bonchev–Trinajstić information content (AvgIpc) is 3.05. The lowest BCUT2D eigenvalue weighted by Crippen LogP contribution is -2.44. The lowest BCUT2D eigenvalue weighted by atomic mass is 9.82. The van der Waals surface area contributed by atoms with Crippen molar-refractivity contribution in [1.82, 2.24) is 10.6 Å². The average molecular weight is 250 g/mol. The van der Waals surface area contributed by atoms with E-state index in [1.165, 1.54) is 0 Å². The van der Waals surface area contributed by atoms with E-state index in [-0.39, 0.29) is 11.8 Å². The highest BCUT2D eigenvalue weighted by molar-refractivity contribution is 5.79. The van der Waals surface area contributed by atoms with Crippen LogP contribution >= 0.6 is 0 Å². The maximum atomic E-state index is 12.2. The minimum atomic E-state index is -0.0336. The van der Waals surface area contributed by atoms with Gasteiger partial charge >= 0.3 is 0 Å². The zero-order valence-electron chi connectivity index (χ0n) is 10.2. The number of carbonyl (C=O) groups excluding carboxylic acids is 1. The Balaban J connectivity index is 1.58. The number of amides is 1.